The van der Waals surface area contributed by atoms with Gasteiger partial charge in [0.05, 0.1) is 29.6 Å². The lowest BCUT2D eigenvalue weighted by molar-refractivity contribution is -0.117. The van der Waals surface area contributed by atoms with E-state index in [1.165, 1.54) is 26.3 Å². The van der Waals surface area contributed by atoms with E-state index in [9.17, 15) is 14.4 Å². The average molecular weight is 424 g/mol. The van der Waals surface area contributed by atoms with Crippen molar-refractivity contribution in [3.8, 4) is 17.1 Å². The first kappa shape index (κ1) is 21.2. The number of pyridine rings is 1. The number of anilines is 3. The highest BCUT2D eigenvalue weighted by molar-refractivity contribution is 6.02. The zero-order valence-corrected chi connectivity index (χ0v) is 17.0. The molecule has 0 saturated heterocycles. The molecule has 5 N–H and O–H groups in total. The molecule has 0 unspecified atom stereocenters. The van der Waals surface area contributed by atoms with Gasteiger partial charge in [0.1, 0.15) is 12.1 Å². The minimum Gasteiger partial charge on any atom is -0.494 e. The molecule has 3 aromatic rings. The van der Waals surface area contributed by atoms with E-state index in [-0.39, 0.29) is 17.1 Å². The Morgan fingerprint density at radius 3 is 2.55 bits per heavy atom. The number of hydrogen-bond donors (Lipinski definition) is 4. The molecule has 0 aliphatic carbocycles. The Kier molecular flexibility index (Phi) is 6.10. The van der Waals surface area contributed by atoms with E-state index in [0.29, 0.717) is 22.8 Å². The third-order valence-corrected chi connectivity index (χ3v) is 4.03. The molecule has 4 amide bonds. The number of aryl methyl sites for hydroxylation is 1. The van der Waals surface area contributed by atoms with E-state index in [0.717, 1.165) is 0 Å². The van der Waals surface area contributed by atoms with Gasteiger partial charge in [-0.25, -0.2) is 14.8 Å². The van der Waals surface area contributed by atoms with Crippen LogP contribution in [-0.2, 0) is 11.8 Å². The lowest BCUT2D eigenvalue weighted by atomic mass is 10.1. The number of aromatic nitrogens is 4. The summed E-state index contributed by atoms with van der Waals surface area (Å²) in [5.41, 5.74) is 6.94. The van der Waals surface area contributed by atoms with Crippen LogP contribution in [0.25, 0.3) is 11.4 Å². The van der Waals surface area contributed by atoms with Crippen LogP contribution in [0.3, 0.4) is 0 Å². The van der Waals surface area contributed by atoms with Gasteiger partial charge in [-0.1, -0.05) is 6.07 Å². The highest BCUT2D eigenvalue weighted by atomic mass is 16.5. The first-order chi connectivity index (χ1) is 14.8. The second-order valence-corrected chi connectivity index (χ2v) is 6.37. The lowest BCUT2D eigenvalue weighted by Crippen LogP contribution is -2.32. The summed E-state index contributed by atoms with van der Waals surface area (Å²) >= 11 is 0. The van der Waals surface area contributed by atoms with Gasteiger partial charge >= 0.3 is 6.03 Å². The Morgan fingerprint density at radius 1 is 1.16 bits per heavy atom. The molecular weight excluding hydrogens is 404 g/mol. The molecule has 2 aromatic heterocycles. The van der Waals surface area contributed by atoms with Crippen LogP contribution in [0.1, 0.15) is 17.3 Å². The van der Waals surface area contributed by atoms with E-state index >= 15 is 0 Å². The first-order valence-electron chi connectivity index (χ1n) is 8.97. The summed E-state index contributed by atoms with van der Waals surface area (Å²) in [6, 6.07) is 5.93. The minimum absolute atomic E-state index is 0.0842. The SMILES string of the molecule is COc1c(Nc2cc(NC(=O)NC(C)=O)ncc2C(N)=O)cccc1-c1ncn(C)n1. The Hall–Kier alpha value is -4.48. The maximum Gasteiger partial charge on any atom is 0.327 e. The van der Waals surface area contributed by atoms with Crippen molar-refractivity contribution in [3.63, 3.8) is 0 Å². The summed E-state index contributed by atoms with van der Waals surface area (Å²) in [6.07, 6.45) is 2.78. The van der Waals surface area contributed by atoms with Crippen LogP contribution >= 0.6 is 0 Å². The molecule has 160 valence electrons. The van der Waals surface area contributed by atoms with Crippen LogP contribution < -0.4 is 26.4 Å². The van der Waals surface area contributed by atoms with Crippen molar-refractivity contribution in [2.45, 2.75) is 6.92 Å². The number of imide groups is 1. The van der Waals surface area contributed by atoms with Gasteiger partial charge in [-0.15, -0.1) is 0 Å². The summed E-state index contributed by atoms with van der Waals surface area (Å²) < 4.78 is 7.11. The number of methoxy groups -OCH3 is 1. The van der Waals surface area contributed by atoms with E-state index < -0.39 is 17.8 Å². The molecular formula is C19H20N8O4. The topological polar surface area (TPSA) is 166 Å². The van der Waals surface area contributed by atoms with Gasteiger partial charge < -0.3 is 15.8 Å². The first-order valence-corrected chi connectivity index (χ1v) is 8.97. The van der Waals surface area contributed by atoms with Gasteiger partial charge in [0.15, 0.2) is 11.6 Å². The fraction of sp³-hybridized carbons (Fsp3) is 0.158. The number of nitrogens with two attached hydrogens (primary N) is 1. The fourth-order valence-corrected chi connectivity index (χ4v) is 2.77. The number of rotatable bonds is 6. The maximum absolute atomic E-state index is 11.9. The summed E-state index contributed by atoms with van der Waals surface area (Å²) in [7, 11) is 3.24. The third kappa shape index (κ3) is 4.93. The highest BCUT2D eigenvalue weighted by Crippen LogP contribution is 2.37. The van der Waals surface area contributed by atoms with Crippen LogP contribution in [-0.4, -0.2) is 44.7 Å². The van der Waals surface area contributed by atoms with Crippen molar-refractivity contribution in [1.29, 1.82) is 0 Å². The van der Waals surface area contributed by atoms with Crippen molar-refractivity contribution in [3.05, 3.63) is 42.4 Å². The van der Waals surface area contributed by atoms with Crippen LogP contribution in [0.4, 0.5) is 22.0 Å². The number of carbonyl (C=O) groups is 3. The molecule has 0 bridgehead atoms. The molecule has 31 heavy (non-hydrogen) atoms. The van der Waals surface area contributed by atoms with Crippen molar-refractivity contribution in [2.75, 3.05) is 17.7 Å². The van der Waals surface area contributed by atoms with Crippen molar-refractivity contribution < 1.29 is 19.1 Å². The monoisotopic (exact) mass is 424 g/mol. The Bertz CT molecular complexity index is 1160. The standard InChI is InChI=1S/C19H20N8O4/c1-10(28)23-19(30)25-15-7-14(12(8-21-15)17(20)29)24-13-6-4-5-11(16(13)31-3)18-22-9-27(2)26-18/h4-9H,1-3H3,(H2,20,29)(H3,21,23,24,25,28,30). The summed E-state index contributed by atoms with van der Waals surface area (Å²) in [6.45, 7) is 1.20. The molecule has 0 radical (unpaired) electrons. The number of urea groups is 1. The summed E-state index contributed by atoms with van der Waals surface area (Å²) in [5.74, 6) is -0.279. The lowest BCUT2D eigenvalue weighted by Gasteiger charge is -2.16. The molecule has 12 heteroatoms. The number of para-hydroxylation sites is 1. The molecule has 2 heterocycles. The number of benzene rings is 1. The zero-order chi connectivity index (χ0) is 22.5. The second kappa shape index (κ2) is 8.90. The van der Waals surface area contributed by atoms with Crippen LogP contribution in [0.5, 0.6) is 5.75 Å². The Balaban J connectivity index is 1.99. The number of carbonyl (C=O) groups excluding carboxylic acids is 3. The average Bonchev–Trinajstić information content (AvgIpc) is 3.13. The number of ether oxygens (including phenoxy) is 1. The smallest absolute Gasteiger partial charge is 0.327 e. The molecule has 0 spiro atoms. The molecule has 0 aliphatic heterocycles. The highest BCUT2D eigenvalue weighted by Gasteiger charge is 2.17. The van der Waals surface area contributed by atoms with Crippen LogP contribution in [0, 0.1) is 0 Å². The predicted molar refractivity (Wildman–Crippen MR) is 112 cm³/mol. The third-order valence-electron chi connectivity index (χ3n) is 4.03. The quantitative estimate of drug-likeness (QED) is 0.461. The summed E-state index contributed by atoms with van der Waals surface area (Å²) in [5, 5.41) is 11.8. The minimum atomic E-state index is -0.765. The number of nitrogens with zero attached hydrogens (tertiary/aromatic N) is 4. The molecule has 12 nitrogen and oxygen atoms in total. The Morgan fingerprint density at radius 2 is 1.94 bits per heavy atom. The number of primary amides is 1. The normalized spacial score (nSPS) is 10.3. The second-order valence-electron chi connectivity index (χ2n) is 6.37. The van der Waals surface area contributed by atoms with Gasteiger partial charge in [-0.2, -0.15) is 5.10 Å². The maximum atomic E-state index is 11.9. The predicted octanol–water partition coefficient (Wildman–Crippen LogP) is 1.40. The van der Waals surface area contributed by atoms with E-state index in [4.69, 9.17) is 10.5 Å². The largest absolute Gasteiger partial charge is 0.494 e. The van der Waals surface area contributed by atoms with Crippen LogP contribution in [0.15, 0.2) is 36.8 Å². The van der Waals surface area contributed by atoms with Crippen molar-refractivity contribution >= 4 is 35.0 Å². The number of nitrogens with one attached hydrogen (secondary N) is 3. The number of amides is 4. The molecule has 1 aromatic carbocycles. The molecule has 0 fully saturated rings. The fourth-order valence-electron chi connectivity index (χ4n) is 2.77. The van der Waals surface area contributed by atoms with Gasteiger partial charge in [-0.3, -0.25) is 24.9 Å². The molecule has 0 aliphatic rings. The van der Waals surface area contributed by atoms with Gasteiger partial charge in [0.2, 0.25) is 5.91 Å². The van der Waals surface area contributed by atoms with Gasteiger partial charge in [-0.05, 0) is 12.1 Å². The molecule has 0 saturated carbocycles. The van der Waals surface area contributed by atoms with Crippen molar-refractivity contribution in [2.24, 2.45) is 12.8 Å². The molecule has 3 rings (SSSR count). The van der Waals surface area contributed by atoms with Crippen LogP contribution in [0.2, 0.25) is 0 Å². The van der Waals surface area contributed by atoms with Crippen molar-refractivity contribution in [1.82, 2.24) is 25.1 Å². The van der Waals surface area contributed by atoms with E-state index in [2.05, 4.69) is 31.0 Å². The Labute approximate surface area is 176 Å². The van der Waals surface area contributed by atoms with E-state index in [1.807, 2.05) is 0 Å². The summed E-state index contributed by atoms with van der Waals surface area (Å²) in [4.78, 5) is 42.9. The van der Waals surface area contributed by atoms with E-state index in [1.54, 1.807) is 36.3 Å². The van der Waals surface area contributed by atoms with Gasteiger partial charge in [0, 0.05) is 26.2 Å². The number of hydrogen-bond acceptors (Lipinski definition) is 8. The zero-order valence-electron chi connectivity index (χ0n) is 17.0. The molecule has 0 atom stereocenters. The van der Waals surface area contributed by atoms with Gasteiger partial charge in [0.25, 0.3) is 5.91 Å².